The number of amides is 6. The van der Waals surface area contributed by atoms with Crippen LogP contribution in [0, 0.1) is 0 Å². The van der Waals surface area contributed by atoms with Crippen molar-refractivity contribution in [2.24, 2.45) is 0 Å². The Morgan fingerprint density at radius 2 is 1.48 bits per heavy atom. The molecule has 1 aliphatic heterocycles. The Labute approximate surface area is 318 Å². The highest BCUT2D eigenvalue weighted by Gasteiger charge is 2.41. The minimum Gasteiger partial charge on any atom is -0.445 e. The van der Waals surface area contributed by atoms with E-state index in [9.17, 15) is 33.9 Å². The van der Waals surface area contributed by atoms with Crippen LogP contribution in [0.25, 0.3) is 0 Å². The number of unbranched alkanes of at least 4 members (excludes halogenated alkanes) is 8. The number of nitrogens with one attached hydrogen (secondary N) is 3. The van der Waals surface area contributed by atoms with Crippen LogP contribution in [0.15, 0.2) is 79.4 Å². The Morgan fingerprint density at radius 1 is 0.833 bits per heavy atom. The van der Waals surface area contributed by atoms with Crippen LogP contribution in [0.3, 0.4) is 0 Å². The van der Waals surface area contributed by atoms with Crippen LogP contribution in [0.5, 0.6) is 0 Å². The molecule has 13 heteroatoms. The molecule has 2 aromatic carbocycles. The topological polar surface area (TPSA) is 174 Å². The lowest BCUT2D eigenvalue weighted by Gasteiger charge is -2.36. The number of aliphatic hydroxyl groups is 1. The lowest BCUT2D eigenvalue weighted by molar-refractivity contribution is -0.174. The van der Waals surface area contributed by atoms with Crippen LogP contribution in [-0.4, -0.2) is 76.0 Å². The number of hydrogen-bond acceptors (Lipinski definition) is 8. The quantitative estimate of drug-likeness (QED) is 0.0586. The van der Waals surface area contributed by atoms with E-state index in [1.165, 1.54) is 18.9 Å². The lowest BCUT2D eigenvalue weighted by atomic mass is 10.0. The van der Waals surface area contributed by atoms with Crippen molar-refractivity contribution in [2.45, 2.75) is 109 Å². The first-order valence-corrected chi connectivity index (χ1v) is 18.9. The zero-order valence-corrected chi connectivity index (χ0v) is 31.3. The van der Waals surface area contributed by atoms with Crippen LogP contribution in [-0.2, 0) is 41.7 Å². The number of alkyl carbamates (subject to hydrolysis) is 1. The Kier molecular flexibility index (Phi) is 19.2. The van der Waals surface area contributed by atoms with Crippen molar-refractivity contribution in [3.05, 3.63) is 90.5 Å². The fourth-order valence-corrected chi connectivity index (χ4v) is 5.99. The number of imide groups is 1. The Bertz CT molecular complexity index is 1540. The second-order valence-electron chi connectivity index (χ2n) is 13.2. The fourth-order valence-electron chi connectivity index (χ4n) is 5.99. The fraction of sp³-hybridized carbons (Fsp3) is 0.463. The number of rotatable bonds is 25. The van der Waals surface area contributed by atoms with Gasteiger partial charge in [-0.1, -0.05) is 107 Å². The van der Waals surface area contributed by atoms with E-state index in [-0.39, 0.29) is 39.0 Å². The molecule has 2 aromatic rings. The van der Waals surface area contributed by atoms with Crippen molar-refractivity contribution in [2.75, 3.05) is 18.5 Å². The molecule has 0 bridgehead atoms. The second kappa shape index (κ2) is 24.1. The number of anilines is 1. The molecule has 1 heterocycles. The van der Waals surface area contributed by atoms with Gasteiger partial charge in [-0.2, -0.15) is 5.01 Å². The van der Waals surface area contributed by atoms with E-state index in [1.807, 2.05) is 6.07 Å². The smallest absolute Gasteiger partial charge is 0.407 e. The highest BCUT2D eigenvalue weighted by molar-refractivity contribution is 6.14. The first-order valence-electron chi connectivity index (χ1n) is 18.9. The molecule has 0 aromatic heterocycles. The van der Waals surface area contributed by atoms with E-state index in [0.29, 0.717) is 36.1 Å². The Balaban J connectivity index is 1.85. The van der Waals surface area contributed by atoms with Crippen LogP contribution >= 0.6 is 0 Å². The van der Waals surface area contributed by atoms with Crippen molar-refractivity contribution in [3.63, 3.8) is 0 Å². The molecule has 13 nitrogen and oxygen atoms in total. The summed E-state index contributed by atoms with van der Waals surface area (Å²) in [6.45, 7) is 5.82. The average molecular weight is 746 g/mol. The minimum absolute atomic E-state index is 0.0145. The SMILES string of the molecule is C=CCOC(=O)NCCCC[C@H](NC(=O)[C@H](Cc1ccccc1)N(C(=O)CCCCCCCCCC)N1C(=O)C=CC1=O)C(=O)Nc1ccc(CO)cc1. The number of aliphatic hydroxyl groups excluding tert-OH is 1. The van der Waals surface area contributed by atoms with Gasteiger partial charge in [-0.05, 0) is 48.9 Å². The highest BCUT2D eigenvalue weighted by atomic mass is 16.5. The van der Waals surface area contributed by atoms with Gasteiger partial charge in [0, 0.05) is 37.2 Å². The largest absolute Gasteiger partial charge is 0.445 e. The summed E-state index contributed by atoms with van der Waals surface area (Å²) in [4.78, 5) is 80.2. The molecule has 1 aliphatic rings. The molecule has 3 rings (SSSR count). The number of ether oxygens (including phenoxy) is 1. The first-order chi connectivity index (χ1) is 26.2. The molecule has 0 unspecified atom stereocenters. The maximum absolute atomic E-state index is 14.4. The minimum atomic E-state index is -1.36. The van der Waals surface area contributed by atoms with Gasteiger partial charge >= 0.3 is 6.09 Å². The molecule has 0 saturated carbocycles. The molecule has 0 radical (unpaired) electrons. The van der Waals surface area contributed by atoms with Crippen molar-refractivity contribution in [1.82, 2.24) is 20.7 Å². The number of hydrazine groups is 1. The second-order valence-corrected chi connectivity index (χ2v) is 13.2. The summed E-state index contributed by atoms with van der Waals surface area (Å²) in [6, 6.07) is 13.0. The van der Waals surface area contributed by atoms with E-state index in [0.717, 1.165) is 54.3 Å². The maximum atomic E-state index is 14.4. The summed E-state index contributed by atoms with van der Waals surface area (Å²) in [6.07, 6.45) is 11.9. The lowest BCUT2D eigenvalue weighted by Crippen LogP contribution is -2.61. The molecule has 2 atom stereocenters. The van der Waals surface area contributed by atoms with Crippen LogP contribution < -0.4 is 16.0 Å². The van der Waals surface area contributed by atoms with Gasteiger partial charge in [0.15, 0.2) is 0 Å². The summed E-state index contributed by atoms with van der Waals surface area (Å²) < 4.78 is 4.93. The normalized spacial score (nSPS) is 13.3. The zero-order valence-electron chi connectivity index (χ0n) is 31.3. The van der Waals surface area contributed by atoms with E-state index in [2.05, 4.69) is 29.5 Å². The van der Waals surface area contributed by atoms with Gasteiger partial charge in [0.1, 0.15) is 18.7 Å². The number of nitrogens with zero attached hydrogens (tertiary/aromatic N) is 2. The Morgan fingerprint density at radius 3 is 2.11 bits per heavy atom. The van der Waals surface area contributed by atoms with Gasteiger partial charge in [0.25, 0.3) is 11.8 Å². The number of hydrogen-bond donors (Lipinski definition) is 4. The van der Waals surface area contributed by atoms with E-state index in [1.54, 1.807) is 48.5 Å². The third-order valence-electron chi connectivity index (χ3n) is 8.93. The van der Waals surface area contributed by atoms with Crippen LogP contribution in [0.2, 0.25) is 0 Å². The first kappa shape index (κ1) is 43.1. The van der Waals surface area contributed by atoms with Crippen molar-refractivity contribution in [1.29, 1.82) is 0 Å². The van der Waals surface area contributed by atoms with Crippen LogP contribution in [0.4, 0.5) is 10.5 Å². The monoisotopic (exact) mass is 745 g/mol. The summed E-state index contributed by atoms with van der Waals surface area (Å²) >= 11 is 0. The summed E-state index contributed by atoms with van der Waals surface area (Å²) in [7, 11) is 0. The number of benzene rings is 2. The molecule has 0 aliphatic carbocycles. The van der Waals surface area contributed by atoms with Crippen molar-refractivity contribution >= 4 is 41.3 Å². The van der Waals surface area contributed by atoms with Gasteiger partial charge in [0.2, 0.25) is 17.7 Å². The van der Waals surface area contributed by atoms with E-state index in [4.69, 9.17) is 4.74 Å². The van der Waals surface area contributed by atoms with Crippen molar-refractivity contribution in [3.8, 4) is 0 Å². The average Bonchev–Trinajstić information content (AvgIpc) is 3.51. The van der Waals surface area contributed by atoms with Gasteiger partial charge in [-0.25, -0.2) is 9.80 Å². The van der Waals surface area contributed by atoms with Gasteiger partial charge in [0.05, 0.1) is 6.61 Å². The molecule has 0 saturated heterocycles. The molecule has 0 fully saturated rings. The zero-order chi connectivity index (χ0) is 39.1. The standard InChI is InChI=1S/C41H55N5O8/c1-3-5-6-7-8-9-10-14-20-36(48)45(46-37(49)25-26-38(46)50)35(29-31-17-12-11-13-18-31)40(52)44-34(19-15-16-27-42-41(53)54-28-4-2)39(51)43-33-23-21-32(30-47)22-24-33/h4,11-13,17-18,21-26,34-35,47H,2-3,5-10,14-16,19-20,27-30H2,1H3,(H,42,53)(H,43,51)(H,44,52)/t34-,35-/m0/s1. The highest BCUT2D eigenvalue weighted by Crippen LogP contribution is 2.21. The summed E-state index contributed by atoms with van der Waals surface area (Å²) in [5, 5.41) is 19.4. The molecule has 6 amide bonds. The molecule has 0 spiro atoms. The number of carbonyl (C=O) groups excluding carboxylic acids is 6. The molecule has 292 valence electrons. The number of carbonyl (C=O) groups is 6. The molecular weight excluding hydrogens is 690 g/mol. The predicted molar refractivity (Wildman–Crippen MR) is 205 cm³/mol. The van der Waals surface area contributed by atoms with Gasteiger partial charge in [-0.15, -0.1) is 0 Å². The van der Waals surface area contributed by atoms with E-state index < -0.39 is 47.7 Å². The third kappa shape index (κ3) is 14.6. The molecular formula is C41H55N5O8. The Hall–Kier alpha value is -5.30. The predicted octanol–water partition coefficient (Wildman–Crippen LogP) is 5.50. The third-order valence-corrected chi connectivity index (χ3v) is 8.93. The molecule has 4 N–H and O–H groups in total. The maximum Gasteiger partial charge on any atom is 0.407 e. The summed E-state index contributed by atoms with van der Waals surface area (Å²) in [5.74, 6) is -3.30. The van der Waals surface area contributed by atoms with Gasteiger partial charge < -0.3 is 25.8 Å². The van der Waals surface area contributed by atoms with Gasteiger partial charge in [-0.3, -0.25) is 24.0 Å². The van der Waals surface area contributed by atoms with Crippen LogP contribution in [0.1, 0.15) is 95.1 Å². The molecule has 54 heavy (non-hydrogen) atoms. The summed E-state index contributed by atoms with van der Waals surface area (Å²) in [5.41, 5.74) is 1.76. The van der Waals surface area contributed by atoms with Crippen molar-refractivity contribution < 1.29 is 38.6 Å². The van der Waals surface area contributed by atoms with E-state index >= 15 is 0 Å².